The predicted molar refractivity (Wildman–Crippen MR) is 256 cm³/mol. The van der Waals surface area contributed by atoms with E-state index in [9.17, 15) is 19.8 Å². The van der Waals surface area contributed by atoms with Gasteiger partial charge in [-0.15, -0.1) is 0 Å². The van der Waals surface area contributed by atoms with Crippen molar-refractivity contribution in [3.05, 3.63) is 155 Å². The number of anilines is 3. The van der Waals surface area contributed by atoms with E-state index in [1.807, 2.05) is 77.7 Å². The number of morpholine rings is 2. The van der Waals surface area contributed by atoms with Crippen molar-refractivity contribution >= 4 is 46.8 Å². The molecule has 9 rings (SSSR count). The molecule has 3 saturated heterocycles. The van der Waals surface area contributed by atoms with Crippen molar-refractivity contribution in [1.29, 1.82) is 0 Å². The summed E-state index contributed by atoms with van der Waals surface area (Å²) in [6.07, 6.45) is -0.812. The van der Waals surface area contributed by atoms with Gasteiger partial charge in [-0.3, -0.25) is 19.3 Å². The number of fused-ring (bicyclic) bond motifs is 3. The van der Waals surface area contributed by atoms with E-state index in [0.29, 0.717) is 54.2 Å². The number of cyclic esters (lactones) is 1. The van der Waals surface area contributed by atoms with E-state index >= 15 is 14.4 Å². The van der Waals surface area contributed by atoms with Crippen LogP contribution in [0.25, 0.3) is 0 Å². The molecular weight excluding hydrogens is 879 g/mol. The fourth-order valence-electron chi connectivity index (χ4n) is 10.5. The molecule has 4 amide bonds. The monoisotopic (exact) mass is 931 g/mol. The lowest BCUT2D eigenvalue weighted by Crippen LogP contribution is -2.57. The predicted octanol–water partition coefficient (Wildman–Crippen LogP) is 6.17. The van der Waals surface area contributed by atoms with Crippen LogP contribution in [0.15, 0.2) is 127 Å². The van der Waals surface area contributed by atoms with E-state index in [4.69, 9.17) is 14.2 Å². The summed E-state index contributed by atoms with van der Waals surface area (Å²) in [4.78, 5) is 81.0. The summed E-state index contributed by atoms with van der Waals surface area (Å²) in [6, 6.07) is 31.3. The molecular formula is C54H53N5O10. The number of nitrogens with one attached hydrogen (secondary N) is 2. The molecule has 4 heterocycles. The maximum Gasteiger partial charge on any atom is 0.329 e. The third kappa shape index (κ3) is 8.45. The number of aliphatic hydroxyl groups is 1. The lowest BCUT2D eigenvalue weighted by Gasteiger charge is -2.46. The van der Waals surface area contributed by atoms with Gasteiger partial charge in [0.05, 0.1) is 50.6 Å². The Morgan fingerprint density at radius 2 is 1.51 bits per heavy atom. The summed E-state index contributed by atoms with van der Waals surface area (Å²) >= 11 is 0. The van der Waals surface area contributed by atoms with Gasteiger partial charge in [-0.1, -0.05) is 98.5 Å². The minimum absolute atomic E-state index is 0.0693. The number of phenols is 1. The van der Waals surface area contributed by atoms with Crippen LogP contribution in [-0.4, -0.2) is 97.0 Å². The molecule has 354 valence electrons. The summed E-state index contributed by atoms with van der Waals surface area (Å²) in [5.74, 6) is 0.800. The van der Waals surface area contributed by atoms with E-state index in [-0.39, 0.29) is 30.0 Å². The molecule has 69 heavy (non-hydrogen) atoms. The lowest BCUT2D eigenvalue weighted by molar-refractivity contribution is -0.177. The van der Waals surface area contributed by atoms with Gasteiger partial charge < -0.3 is 40.0 Å². The second-order valence-corrected chi connectivity index (χ2v) is 17.8. The van der Waals surface area contributed by atoms with Crippen LogP contribution >= 0.6 is 0 Å². The third-order valence-electron chi connectivity index (χ3n) is 13.5. The summed E-state index contributed by atoms with van der Waals surface area (Å²) in [5, 5.41) is 26.2. The summed E-state index contributed by atoms with van der Waals surface area (Å²) in [6.45, 7) is 5.78. The molecule has 0 radical (unpaired) electrons. The number of rotatable bonds is 10. The number of nitrogens with zero attached hydrogens (tertiary/aromatic N) is 3. The van der Waals surface area contributed by atoms with Crippen molar-refractivity contribution in [3.63, 3.8) is 0 Å². The molecule has 0 saturated carbocycles. The van der Waals surface area contributed by atoms with Crippen molar-refractivity contribution in [2.45, 2.75) is 56.0 Å². The molecule has 7 atom stereocenters. The highest BCUT2D eigenvalue weighted by atomic mass is 16.6. The van der Waals surface area contributed by atoms with Gasteiger partial charge in [-0.25, -0.2) is 14.5 Å². The van der Waals surface area contributed by atoms with Crippen LogP contribution < -0.4 is 20.4 Å². The molecule has 0 aromatic heterocycles. The summed E-state index contributed by atoms with van der Waals surface area (Å²) in [7, 11) is 1.20. The number of hydrogen-bond donors (Lipinski definition) is 4. The van der Waals surface area contributed by atoms with E-state index < -0.39 is 77.3 Å². The number of esters is 2. The fraction of sp³-hybridized carbons (Fsp3) is 0.315. The number of aliphatic hydroxyl groups excluding tert-OH is 1. The number of imide groups is 1. The molecule has 5 aromatic rings. The molecule has 15 heteroatoms. The van der Waals surface area contributed by atoms with Gasteiger partial charge in [0.1, 0.15) is 29.4 Å². The van der Waals surface area contributed by atoms with Gasteiger partial charge in [0, 0.05) is 36.4 Å². The van der Waals surface area contributed by atoms with E-state index in [0.717, 1.165) is 10.6 Å². The number of hydrogen-bond acceptors (Lipinski definition) is 12. The number of urea groups is 1. The van der Waals surface area contributed by atoms with Crippen LogP contribution in [0.5, 0.6) is 5.75 Å². The van der Waals surface area contributed by atoms with Gasteiger partial charge in [0.2, 0.25) is 11.8 Å². The highest BCUT2D eigenvalue weighted by molar-refractivity contribution is 6.25. The van der Waals surface area contributed by atoms with Crippen molar-refractivity contribution in [2.75, 3.05) is 55.1 Å². The molecule has 4 N–H and O–H groups in total. The molecule has 15 nitrogen and oxygen atoms in total. The average Bonchev–Trinajstić information content (AvgIpc) is 3.83. The van der Waals surface area contributed by atoms with E-state index in [1.54, 1.807) is 56.3 Å². The van der Waals surface area contributed by atoms with Gasteiger partial charge in [0.25, 0.3) is 0 Å². The van der Waals surface area contributed by atoms with Crippen LogP contribution in [0.4, 0.5) is 21.9 Å². The van der Waals surface area contributed by atoms with Crippen molar-refractivity contribution in [1.82, 2.24) is 10.2 Å². The maximum atomic E-state index is 16.5. The number of carbonyl (C=O) groups is 5. The van der Waals surface area contributed by atoms with Gasteiger partial charge in [0.15, 0.2) is 0 Å². The highest BCUT2D eigenvalue weighted by Crippen LogP contribution is 2.66. The van der Waals surface area contributed by atoms with Crippen molar-refractivity contribution in [3.8, 4) is 17.6 Å². The molecule has 4 aliphatic rings. The smallest absolute Gasteiger partial charge is 0.329 e. The number of amides is 4. The number of carbonyl (C=O) groups excluding carboxylic acids is 5. The Kier molecular flexibility index (Phi) is 13.2. The Balaban J connectivity index is 1.31. The van der Waals surface area contributed by atoms with Crippen LogP contribution in [0.1, 0.15) is 66.3 Å². The quantitative estimate of drug-likeness (QED) is 0.0923. The molecule has 1 spiro atoms. The molecule has 5 aromatic carbocycles. The molecule has 4 aliphatic heterocycles. The topological polar surface area (TPSA) is 187 Å². The Hall–Kier alpha value is -7.51. The normalized spacial score (nSPS) is 23.3. The second-order valence-electron chi connectivity index (χ2n) is 17.8. The summed E-state index contributed by atoms with van der Waals surface area (Å²) in [5.41, 5.74) is 1.71. The summed E-state index contributed by atoms with van der Waals surface area (Å²) < 4.78 is 17.2. The number of benzene rings is 5. The first-order chi connectivity index (χ1) is 33.5. The van der Waals surface area contributed by atoms with E-state index in [2.05, 4.69) is 27.4 Å². The SMILES string of the molecule is COC(=O)[C@@H](NC(=O)N1C(=O)[C@@]2(c3cc(C#CCCO)ccc31)[C@H](C(=O)Nc1ccc(N3CCOCC3)cc1)[C@H]1C(=O)O[C@H](c3ccccc3)[C@H](c3ccccc3)N1[C@@H]2c1ccc(O)cc1)C(C)C. The van der Waals surface area contributed by atoms with Gasteiger partial charge in [-0.2, -0.15) is 0 Å². The zero-order valence-corrected chi connectivity index (χ0v) is 38.4. The number of aromatic hydroxyl groups is 1. The van der Waals surface area contributed by atoms with Crippen LogP contribution in [-0.2, 0) is 38.8 Å². The van der Waals surface area contributed by atoms with Crippen LogP contribution in [0.2, 0.25) is 0 Å². The third-order valence-corrected chi connectivity index (χ3v) is 13.5. The molecule has 3 fully saturated rings. The first-order valence-electron chi connectivity index (χ1n) is 23.0. The lowest BCUT2D eigenvalue weighted by atomic mass is 9.65. The zero-order chi connectivity index (χ0) is 48.4. The number of ether oxygens (including phenoxy) is 3. The first kappa shape index (κ1) is 46.6. The Labute approximate surface area is 400 Å². The van der Waals surface area contributed by atoms with Gasteiger partial charge in [-0.05, 0) is 82.8 Å². The van der Waals surface area contributed by atoms with Gasteiger partial charge >= 0.3 is 18.0 Å². The molecule has 0 unspecified atom stereocenters. The average molecular weight is 932 g/mol. The second kappa shape index (κ2) is 19.6. The first-order valence-corrected chi connectivity index (χ1v) is 23.0. The van der Waals surface area contributed by atoms with Crippen molar-refractivity contribution in [2.24, 2.45) is 11.8 Å². The standard InChI is InChI=1S/C54H53N5O10/c1-33(2)44(50(63)67-3)56-53(66)58-42-26-17-34(12-10-11-29-60)32-41(42)54(52(58)65)43(49(62)55-38-20-22-39(23-21-38)57-27-30-68-31-28-57)46-51(64)69-47(36-15-8-5-9-16-36)45(35-13-6-4-7-14-35)59(46)48(54)37-18-24-40(61)25-19-37/h4-9,13-26,32-33,43-48,60-61H,11,27-31H2,1-3H3,(H,55,62)(H,56,66)/t43-,44-,45-,46-,47+,48+,54-/m0/s1. The minimum atomic E-state index is -2.13. The fourth-order valence-corrected chi connectivity index (χ4v) is 10.5. The number of methoxy groups -OCH3 is 1. The van der Waals surface area contributed by atoms with Crippen molar-refractivity contribution < 1.29 is 48.4 Å². The zero-order valence-electron chi connectivity index (χ0n) is 38.4. The number of phenolic OH excluding ortho intramolecular Hbond substituents is 1. The van der Waals surface area contributed by atoms with Crippen LogP contribution in [0, 0.1) is 23.7 Å². The minimum Gasteiger partial charge on any atom is -0.508 e. The molecule has 0 aliphatic carbocycles. The Bertz CT molecular complexity index is 2790. The largest absolute Gasteiger partial charge is 0.508 e. The molecule has 0 bridgehead atoms. The maximum absolute atomic E-state index is 16.5. The highest BCUT2D eigenvalue weighted by Gasteiger charge is 2.75. The van der Waals surface area contributed by atoms with Crippen LogP contribution in [0.3, 0.4) is 0 Å². The Morgan fingerprint density at radius 1 is 0.841 bits per heavy atom. The Morgan fingerprint density at radius 3 is 2.14 bits per heavy atom. The van der Waals surface area contributed by atoms with E-state index in [1.165, 1.54) is 19.2 Å².